The van der Waals surface area contributed by atoms with Crippen molar-refractivity contribution < 1.29 is 24.0 Å². The van der Waals surface area contributed by atoms with E-state index >= 15 is 0 Å². The van der Waals surface area contributed by atoms with Crippen molar-refractivity contribution in [2.45, 2.75) is 6.42 Å². The van der Waals surface area contributed by atoms with Gasteiger partial charge in [-0.1, -0.05) is 48.5 Å². The van der Waals surface area contributed by atoms with Crippen LogP contribution in [0.2, 0.25) is 0 Å². The molecule has 0 saturated carbocycles. The van der Waals surface area contributed by atoms with Gasteiger partial charge in [0, 0.05) is 28.9 Å². The van der Waals surface area contributed by atoms with Crippen LogP contribution in [0.5, 0.6) is 5.75 Å². The van der Waals surface area contributed by atoms with E-state index in [-0.39, 0.29) is 34.9 Å². The van der Waals surface area contributed by atoms with E-state index in [0.717, 1.165) is 11.8 Å². The molecule has 0 unspecified atom stereocenters. The van der Waals surface area contributed by atoms with E-state index in [1.807, 2.05) is 30.3 Å². The minimum absolute atomic E-state index is 0.0306. The highest BCUT2D eigenvalue weighted by Gasteiger charge is 2.15. The number of amides is 2. The molecule has 0 spiro atoms. The maximum atomic E-state index is 12.5. The monoisotopic (exact) mass is 522 g/mol. The van der Waals surface area contributed by atoms with Gasteiger partial charge in [-0.3, -0.25) is 19.7 Å². The third-order valence-corrected chi connectivity index (χ3v) is 5.42. The van der Waals surface area contributed by atoms with Gasteiger partial charge >= 0.3 is 5.97 Å². The summed E-state index contributed by atoms with van der Waals surface area (Å²) >= 11 is 0. The zero-order valence-electron chi connectivity index (χ0n) is 20.4. The van der Waals surface area contributed by atoms with Crippen molar-refractivity contribution in [3.05, 3.63) is 135 Å². The molecule has 4 aromatic carbocycles. The predicted molar refractivity (Wildman–Crippen MR) is 145 cm³/mol. The first kappa shape index (κ1) is 26.4. The van der Waals surface area contributed by atoms with Gasteiger partial charge in [-0.25, -0.2) is 10.2 Å². The number of nitro groups is 1. The lowest BCUT2D eigenvalue weighted by Gasteiger charge is -2.08. The lowest BCUT2D eigenvalue weighted by atomic mass is 10.1. The average molecular weight is 523 g/mol. The number of hydrazone groups is 1. The summed E-state index contributed by atoms with van der Waals surface area (Å²) in [6.45, 7) is 0. The number of carbonyl (C=O) groups excluding carboxylic acids is 3. The van der Waals surface area contributed by atoms with Gasteiger partial charge in [0.2, 0.25) is 5.91 Å². The van der Waals surface area contributed by atoms with Gasteiger partial charge in [0.05, 0.1) is 23.1 Å². The van der Waals surface area contributed by atoms with Crippen molar-refractivity contribution in [2.24, 2.45) is 5.10 Å². The van der Waals surface area contributed by atoms with Gasteiger partial charge in [0.15, 0.2) is 0 Å². The van der Waals surface area contributed by atoms with Crippen LogP contribution in [0.25, 0.3) is 0 Å². The van der Waals surface area contributed by atoms with E-state index < -0.39 is 16.8 Å². The van der Waals surface area contributed by atoms with Crippen LogP contribution >= 0.6 is 0 Å². The van der Waals surface area contributed by atoms with Crippen LogP contribution in [-0.4, -0.2) is 28.9 Å². The Hall–Kier alpha value is -5.64. The Labute approximate surface area is 223 Å². The highest BCUT2D eigenvalue weighted by Crippen LogP contribution is 2.24. The predicted octanol–water partition coefficient (Wildman–Crippen LogP) is 4.76. The Balaban J connectivity index is 1.40. The molecule has 2 amide bonds. The highest BCUT2D eigenvalue weighted by molar-refractivity contribution is 5.97. The lowest BCUT2D eigenvalue weighted by Crippen LogP contribution is -2.18. The minimum atomic E-state index is -0.654. The molecule has 4 aromatic rings. The molecule has 0 aliphatic heterocycles. The third kappa shape index (κ3) is 7.43. The summed E-state index contributed by atoms with van der Waals surface area (Å²) in [5.41, 5.74) is 4.18. The van der Waals surface area contributed by atoms with E-state index in [0.29, 0.717) is 11.3 Å². The van der Waals surface area contributed by atoms with Crippen LogP contribution in [0.3, 0.4) is 0 Å². The molecule has 0 bridgehead atoms. The minimum Gasteiger partial charge on any atom is -0.422 e. The first-order valence-corrected chi connectivity index (χ1v) is 11.7. The first-order chi connectivity index (χ1) is 18.9. The molecular formula is C29H22N4O6. The van der Waals surface area contributed by atoms with E-state index in [1.54, 1.807) is 42.5 Å². The van der Waals surface area contributed by atoms with Crippen molar-refractivity contribution in [2.75, 3.05) is 5.32 Å². The SMILES string of the molecule is O=C(Cc1ccccc1)Nc1ccc(C(=O)N/N=C/c2cc([N+](=O)[O-])ccc2OC(=O)c2ccccc2)cc1. The Morgan fingerprint density at radius 1 is 0.846 bits per heavy atom. The molecule has 0 atom stereocenters. The standard InChI is InChI=1S/C29H22N4O6/c34-27(17-20-7-3-1-4-8-20)31-24-13-11-21(12-14-24)28(35)32-30-19-23-18-25(33(37)38)15-16-26(23)39-29(36)22-9-5-2-6-10-22/h1-16,18-19H,17H2,(H,31,34)(H,32,35)/b30-19+. The van der Waals surface area contributed by atoms with Gasteiger partial charge in [-0.2, -0.15) is 5.10 Å². The fourth-order valence-corrected chi connectivity index (χ4v) is 3.49. The Morgan fingerprint density at radius 3 is 2.18 bits per heavy atom. The van der Waals surface area contributed by atoms with Gasteiger partial charge in [0.25, 0.3) is 11.6 Å². The Bertz CT molecular complexity index is 1520. The average Bonchev–Trinajstić information content (AvgIpc) is 2.95. The number of rotatable bonds is 9. The summed E-state index contributed by atoms with van der Waals surface area (Å²) in [5.74, 6) is -1.37. The topological polar surface area (TPSA) is 140 Å². The number of hydrogen-bond acceptors (Lipinski definition) is 7. The Morgan fingerprint density at radius 2 is 1.51 bits per heavy atom. The number of nitrogens with one attached hydrogen (secondary N) is 2. The first-order valence-electron chi connectivity index (χ1n) is 11.7. The van der Waals surface area contributed by atoms with Crippen LogP contribution in [0, 0.1) is 10.1 Å². The second-order valence-electron chi connectivity index (χ2n) is 8.22. The maximum absolute atomic E-state index is 12.5. The number of benzene rings is 4. The number of non-ortho nitro benzene ring substituents is 1. The zero-order valence-corrected chi connectivity index (χ0v) is 20.4. The number of carbonyl (C=O) groups is 3. The molecule has 2 N–H and O–H groups in total. The molecule has 10 heteroatoms. The molecular weight excluding hydrogens is 500 g/mol. The van der Waals surface area contributed by atoms with Crippen molar-refractivity contribution in [3.63, 3.8) is 0 Å². The van der Waals surface area contributed by atoms with Crippen molar-refractivity contribution in [3.8, 4) is 5.75 Å². The molecule has 10 nitrogen and oxygen atoms in total. The molecule has 0 aliphatic rings. The van der Waals surface area contributed by atoms with E-state index in [9.17, 15) is 24.5 Å². The van der Waals surface area contributed by atoms with E-state index in [2.05, 4.69) is 15.8 Å². The van der Waals surface area contributed by atoms with Crippen LogP contribution in [0.4, 0.5) is 11.4 Å². The van der Waals surface area contributed by atoms with E-state index in [1.165, 1.54) is 30.3 Å². The highest BCUT2D eigenvalue weighted by atomic mass is 16.6. The molecule has 0 radical (unpaired) electrons. The smallest absolute Gasteiger partial charge is 0.343 e. The number of anilines is 1. The summed E-state index contributed by atoms with van der Waals surface area (Å²) in [5, 5.41) is 17.9. The fourth-order valence-electron chi connectivity index (χ4n) is 3.49. The Kier molecular flexibility index (Phi) is 8.50. The van der Waals surface area contributed by atoms with Crippen molar-refractivity contribution >= 4 is 35.4 Å². The van der Waals surface area contributed by atoms with Crippen molar-refractivity contribution in [1.82, 2.24) is 5.43 Å². The number of hydrogen-bond donors (Lipinski definition) is 2. The number of nitrogens with zero attached hydrogens (tertiary/aromatic N) is 2. The van der Waals surface area contributed by atoms with Crippen LogP contribution in [0.1, 0.15) is 31.8 Å². The van der Waals surface area contributed by atoms with Crippen LogP contribution in [0.15, 0.2) is 108 Å². The number of ether oxygens (including phenoxy) is 1. The van der Waals surface area contributed by atoms with E-state index in [4.69, 9.17) is 4.74 Å². The molecule has 0 fully saturated rings. The summed E-state index contributed by atoms with van der Waals surface area (Å²) in [6.07, 6.45) is 1.37. The third-order valence-electron chi connectivity index (χ3n) is 5.42. The fraction of sp³-hybridized carbons (Fsp3) is 0.0345. The van der Waals surface area contributed by atoms with Gasteiger partial charge in [-0.05, 0) is 48.0 Å². The van der Waals surface area contributed by atoms with Gasteiger partial charge < -0.3 is 10.1 Å². The van der Waals surface area contributed by atoms with Crippen LogP contribution in [-0.2, 0) is 11.2 Å². The molecule has 0 aliphatic carbocycles. The second-order valence-corrected chi connectivity index (χ2v) is 8.22. The summed E-state index contributed by atoms with van der Waals surface area (Å²) in [4.78, 5) is 47.8. The normalized spacial score (nSPS) is 10.6. The number of nitro benzene ring substituents is 1. The van der Waals surface area contributed by atoms with Gasteiger partial charge in [-0.15, -0.1) is 0 Å². The van der Waals surface area contributed by atoms with Gasteiger partial charge in [0.1, 0.15) is 5.75 Å². The number of esters is 1. The van der Waals surface area contributed by atoms with Crippen molar-refractivity contribution in [1.29, 1.82) is 0 Å². The molecule has 0 aromatic heterocycles. The van der Waals surface area contributed by atoms with Crippen LogP contribution < -0.4 is 15.5 Å². The summed E-state index contributed by atoms with van der Waals surface area (Å²) in [6, 6.07) is 27.4. The largest absolute Gasteiger partial charge is 0.422 e. The molecule has 194 valence electrons. The molecule has 4 rings (SSSR count). The lowest BCUT2D eigenvalue weighted by molar-refractivity contribution is -0.384. The zero-order chi connectivity index (χ0) is 27.6. The molecule has 39 heavy (non-hydrogen) atoms. The second kappa shape index (κ2) is 12.5. The molecule has 0 heterocycles. The quantitative estimate of drug-likeness (QED) is 0.107. The summed E-state index contributed by atoms with van der Waals surface area (Å²) < 4.78 is 5.39. The summed E-state index contributed by atoms with van der Waals surface area (Å²) in [7, 11) is 0. The molecule has 0 saturated heterocycles. The maximum Gasteiger partial charge on any atom is 0.343 e.